The standard InChI is InChI=1S/C24H23N3O/c1-16-12-17(2)22-21(13-16)23(20(14-25)15-26-22)27-10-8-19(9-11-27)24(28)18-6-4-3-5-7-18/h3-7,12-13,15,19H,8-11H2,1-2H3. The normalized spacial score (nSPS) is 14.8. The number of hydrogen-bond donors (Lipinski definition) is 0. The predicted octanol–water partition coefficient (Wildman–Crippen LogP) is 4.82. The summed E-state index contributed by atoms with van der Waals surface area (Å²) in [6.45, 7) is 5.66. The van der Waals surface area contributed by atoms with Crippen LogP contribution in [0.1, 0.15) is 39.9 Å². The lowest BCUT2D eigenvalue weighted by Crippen LogP contribution is -2.37. The molecule has 2 heterocycles. The lowest BCUT2D eigenvalue weighted by atomic mass is 9.88. The van der Waals surface area contributed by atoms with Crippen molar-refractivity contribution in [2.45, 2.75) is 26.7 Å². The van der Waals surface area contributed by atoms with E-state index in [4.69, 9.17) is 0 Å². The molecule has 3 aromatic rings. The number of aryl methyl sites for hydroxylation is 2. The number of aromatic nitrogens is 1. The summed E-state index contributed by atoms with van der Waals surface area (Å²) in [6, 6.07) is 16.1. The monoisotopic (exact) mass is 369 g/mol. The molecule has 1 saturated heterocycles. The largest absolute Gasteiger partial charge is 0.370 e. The molecule has 0 unspecified atom stereocenters. The Morgan fingerprint density at radius 2 is 1.86 bits per heavy atom. The fourth-order valence-corrected chi connectivity index (χ4v) is 4.27. The lowest BCUT2D eigenvalue weighted by molar-refractivity contribution is 0.0900. The highest BCUT2D eigenvalue weighted by atomic mass is 16.1. The number of fused-ring (bicyclic) bond motifs is 1. The SMILES string of the molecule is Cc1cc(C)c2ncc(C#N)c(N3CCC(C(=O)c4ccccc4)CC3)c2c1. The molecule has 28 heavy (non-hydrogen) atoms. The van der Waals surface area contributed by atoms with Crippen molar-refractivity contribution in [1.29, 1.82) is 5.26 Å². The molecule has 1 fully saturated rings. The van der Waals surface area contributed by atoms with Gasteiger partial charge in [-0.05, 0) is 38.3 Å². The summed E-state index contributed by atoms with van der Waals surface area (Å²) in [5.74, 6) is 0.271. The van der Waals surface area contributed by atoms with E-state index >= 15 is 0 Å². The van der Waals surface area contributed by atoms with Crippen LogP contribution in [-0.4, -0.2) is 23.9 Å². The summed E-state index contributed by atoms with van der Waals surface area (Å²) in [5.41, 5.74) is 5.59. The Morgan fingerprint density at radius 3 is 2.54 bits per heavy atom. The second kappa shape index (κ2) is 7.44. The van der Waals surface area contributed by atoms with E-state index in [0.29, 0.717) is 5.56 Å². The van der Waals surface area contributed by atoms with Gasteiger partial charge in [0.05, 0.1) is 16.8 Å². The molecule has 2 aromatic carbocycles. The number of pyridine rings is 1. The van der Waals surface area contributed by atoms with Crippen molar-refractivity contribution >= 4 is 22.4 Å². The fourth-order valence-electron chi connectivity index (χ4n) is 4.27. The van der Waals surface area contributed by atoms with Crippen molar-refractivity contribution in [2.75, 3.05) is 18.0 Å². The Balaban J connectivity index is 1.64. The van der Waals surface area contributed by atoms with Gasteiger partial charge in [-0.3, -0.25) is 9.78 Å². The first kappa shape index (κ1) is 18.2. The third-order valence-electron chi connectivity index (χ3n) is 5.64. The summed E-state index contributed by atoms with van der Waals surface area (Å²) >= 11 is 0. The molecule has 0 N–H and O–H groups in total. The summed E-state index contributed by atoms with van der Waals surface area (Å²) in [5, 5.41) is 10.7. The van der Waals surface area contributed by atoms with Crippen molar-refractivity contribution in [3.63, 3.8) is 0 Å². The maximum atomic E-state index is 12.8. The molecule has 0 bridgehead atoms. The van der Waals surface area contributed by atoms with E-state index in [-0.39, 0.29) is 11.7 Å². The summed E-state index contributed by atoms with van der Waals surface area (Å²) in [7, 11) is 0. The number of benzene rings is 2. The number of nitriles is 1. The lowest BCUT2D eigenvalue weighted by Gasteiger charge is -2.34. The van der Waals surface area contributed by atoms with E-state index in [0.717, 1.165) is 59.2 Å². The average molecular weight is 369 g/mol. The predicted molar refractivity (Wildman–Crippen MR) is 112 cm³/mol. The van der Waals surface area contributed by atoms with Crippen molar-refractivity contribution in [3.05, 3.63) is 70.9 Å². The second-order valence-electron chi connectivity index (χ2n) is 7.60. The minimum atomic E-state index is 0.0424. The smallest absolute Gasteiger partial charge is 0.166 e. The highest BCUT2D eigenvalue weighted by Crippen LogP contribution is 2.34. The number of carbonyl (C=O) groups is 1. The Kier molecular flexibility index (Phi) is 4.83. The van der Waals surface area contributed by atoms with Gasteiger partial charge in [0, 0.05) is 36.2 Å². The molecule has 4 heteroatoms. The zero-order valence-electron chi connectivity index (χ0n) is 16.3. The zero-order chi connectivity index (χ0) is 19.7. The van der Waals surface area contributed by atoms with E-state index in [1.807, 2.05) is 30.3 Å². The topological polar surface area (TPSA) is 57.0 Å². The van der Waals surface area contributed by atoms with Gasteiger partial charge >= 0.3 is 0 Å². The van der Waals surface area contributed by atoms with E-state index in [9.17, 15) is 10.1 Å². The van der Waals surface area contributed by atoms with E-state index in [1.165, 1.54) is 0 Å². The molecule has 0 aliphatic carbocycles. The molecule has 4 nitrogen and oxygen atoms in total. The molecule has 0 radical (unpaired) electrons. The van der Waals surface area contributed by atoms with Crippen molar-refractivity contribution in [1.82, 2.24) is 4.98 Å². The number of anilines is 1. The highest BCUT2D eigenvalue weighted by Gasteiger charge is 2.28. The average Bonchev–Trinajstić information content (AvgIpc) is 2.73. The third kappa shape index (κ3) is 3.25. The molecular weight excluding hydrogens is 346 g/mol. The van der Waals surface area contributed by atoms with Crippen LogP contribution in [0.25, 0.3) is 10.9 Å². The van der Waals surface area contributed by atoms with Gasteiger partial charge in [-0.15, -0.1) is 0 Å². The number of carbonyl (C=O) groups excluding carboxylic acids is 1. The van der Waals surface area contributed by atoms with E-state index < -0.39 is 0 Å². The van der Waals surface area contributed by atoms with Crippen LogP contribution >= 0.6 is 0 Å². The molecule has 1 aliphatic heterocycles. The van der Waals surface area contributed by atoms with Gasteiger partial charge in [0.25, 0.3) is 0 Å². The molecular formula is C24H23N3O. The number of piperidine rings is 1. The van der Waals surface area contributed by atoms with Gasteiger partial charge in [0.1, 0.15) is 6.07 Å². The second-order valence-corrected chi connectivity index (χ2v) is 7.60. The van der Waals surface area contributed by atoms with Crippen LogP contribution in [0.15, 0.2) is 48.7 Å². The summed E-state index contributed by atoms with van der Waals surface area (Å²) in [6.07, 6.45) is 3.28. The molecule has 0 atom stereocenters. The molecule has 0 spiro atoms. The number of nitrogens with zero attached hydrogens (tertiary/aromatic N) is 3. The number of rotatable bonds is 3. The Morgan fingerprint density at radius 1 is 1.14 bits per heavy atom. The van der Waals surface area contributed by atoms with Crippen LogP contribution in [0.3, 0.4) is 0 Å². The van der Waals surface area contributed by atoms with Crippen LogP contribution in [0.2, 0.25) is 0 Å². The molecule has 1 aromatic heterocycles. The molecule has 0 amide bonds. The Labute approximate surface area is 165 Å². The third-order valence-corrected chi connectivity index (χ3v) is 5.64. The number of ketones is 1. The molecule has 0 saturated carbocycles. The number of hydrogen-bond acceptors (Lipinski definition) is 4. The maximum absolute atomic E-state index is 12.8. The molecule has 140 valence electrons. The highest BCUT2D eigenvalue weighted by molar-refractivity contribution is 5.99. The number of Topliss-reactive ketones (excluding diaryl/α,β-unsaturated/α-hetero) is 1. The van der Waals surface area contributed by atoms with Gasteiger partial charge in [-0.1, -0.05) is 42.0 Å². The summed E-state index contributed by atoms with van der Waals surface area (Å²) < 4.78 is 0. The van der Waals surface area contributed by atoms with Gasteiger partial charge < -0.3 is 4.90 Å². The minimum absolute atomic E-state index is 0.0424. The first-order valence-electron chi connectivity index (χ1n) is 9.72. The van der Waals surface area contributed by atoms with Gasteiger partial charge in [0.15, 0.2) is 5.78 Å². The van der Waals surface area contributed by atoms with Crippen molar-refractivity contribution in [3.8, 4) is 6.07 Å². The van der Waals surface area contributed by atoms with E-state index in [1.54, 1.807) is 6.20 Å². The van der Waals surface area contributed by atoms with Crippen LogP contribution in [0.4, 0.5) is 5.69 Å². The fraction of sp³-hybridized carbons (Fsp3) is 0.292. The van der Waals surface area contributed by atoms with Crippen LogP contribution in [0, 0.1) is 31.1 Å². The van der Waals surface area contributed by atoms with Crippen LogP contribution in [0.5, 0.6) is 0 Å². The van der Waals surface area contributed by atoms with E-state index in [2.05, 4.69) is 41.9 Å². The summed E-state index contributed by atoms with van der Waals surface area (Å²) in [4.78, 5) is 19.6. The van der Waals surface area contributed by atoms with Crippen molar-refractivity contribution < 1.29 is 4.79 Å². The maximum Gasteiger partial charge on any atom is 0.166 e. The quantitative estimate of drug-likeness (QED) is 0.621. The first-order chi connectivity index (χ1) is 13.6. The van der Waals surface area contributed by atoms with Crippen LogP contribution < -0.4 is 4.90 Å². The zero-order valence-corrected chi connectivity index (χ0v) is 16.3. The Hall–Kier alpha value is -3.19. The first-order valence-corrected chi connectivity index (χ1v) is 9.72. The van der Waals surface area contributed by atoms with Gasteiger partial charge in [0.2, 0.25) is 0 Å². The van der Waals surface area contributed by atoms with Crippen molar-refractivity contribution in [2.24, 2.45) is 5.92 Å². The minimum Gasteiger partial charge on any atom is -0.370 e. The van der Waals surface area contributed by atoms with Crippen LogP contribution in [-0.2, 0) is 0 Å². The molecule has 1 aliphatic rings. The molecule has 4 rings (SSSR count). The van der Waals surface area contributed by atoms with Gasteiger partial charge in [-0.25, -0.2) is 0 Å². The Bertz CT molecular complexity index is 1070. The van der Waals surface area contributed by atoms with Gasteiger partial charge in [-0.2, -0.15) is 5.26 Å².